The van der Waals surface area contributed by atoms with Gasteiger partial charge in [0.25, 0.3) is 0 Å². The molecule has 3 nitrogen and oxygen atoms in total. The average Bonchev–Trinajstić information content (AvgIpc) is 2.37. The summed E-state index contributed by atoms with van der Waals surface area (Å²) in [6, 6.07) is 3.79. The van der Waals surface area contributed by atoms with Gasteiger partial charge in [-0.05, 0) is 31.0 Å². The van der Waals surface area contributed by atoms with Gasteiger partial charge < -0.3 is 9.47 Å². The van der Waals surface area contributed by atoms with Crippen LogP contribution >= 0.6 is 15.9 Å². The summed E-state index contributed by atoms with van der Waals surface area (Å²) in [6.07, 6.45) is -4.06. The van der Waals surface area contributed by atoms with Crippen LogP contribution in [0.1, 0.15) is 18.1 Å². The highest BCUT2D eigenvalue weighted by molar-refractivity contribution is 9.09. The van der Waals surface area contributed by atoms with Crippen molar-refractivity contribution in [1.82, 2.24) is 0 Å². The fraction of sp³-hybridized carbons (Fsp3) is 0.462. The molecule has 0 aliphatic carbocycles. The van der Waals surface area contributed by atoms with Crippen LogP contribution in [0, 0.1) is 0 Å². The van der Waals surface area contributed by atoms with Gasteiger partial charge in [0, 0.05) is 5.33 Å². The predicted octanol–water partition coefficient (Wildman–Crippen LogP) is 3.58. The first-order valence-electron chi connectivity index (χ1n) is 5.93. The highest BCUT2D eigenvalue weighted by atomic mass is 79.9. The average molecular weight is 355 g/mol. The zero-order chi connectivity index (χ0) is 15.2. The molecule has 0 radical (unpaired) electrons. The van der Waals surface area contributed by atoms with Gasteiger partial charge in [-0.2, -0.15) is 13.2 Å². The standard InChI is InChI=1S/C13H14BrF3O3/c1-2-19-12(18)8-20-11-4-3-9(5-6-14)7-10(11)13(15,16)17/h3-4,7H,2,5-6,8H2,1H3. The van der Waals surface area contributed by atoms with Crippen LogP contribution in [0.5, 0.6) is 5.75 Å². The third kappa shape index (κ3) is 5.03. The lowest BCUT2D eigenvalue weighted by Crippen LogP contribution is -2.17. The van der Waals surface area contributed by atoms with Crippen LogP contribution in [-0.4, -0.2) is 24.5 Å². The number of carbonyl (C=O) groups excluding carboxylic acids is 1. The molecule has 0 saturated carbocycles. The molecular formula is C13H14BrF3O3. The molecule has 0 aliphatic heterocycles. The van der Waals surface area contributed by atoms with Crippen LogP contribution in [0.4, 0.5) is 13.2 Å². The van der Waals surface area contributed by atoms with Crippen molar-refractivity contribution >= 4 is 21.9 Å². The Morgan fingerprint density at radius 2 is 2.05 bits per heavy atom. The molecule has 0 atom stereocenters. The van der Waals surface area contributed by atoms with Crippen molar-refractivity contribution in [3.05, 3.63) is 29.3 Å². The number of hydrogen-bond donors (Lipinski definition) is 0. The zero-order valence-electron chi connectivity index (χ0n) is 10.8. The number of esters is 1. The second-order valence-corrected chi connectivity index (χ2v) is 4.65. The molecule has 0 heterocycles. The number of benzene rings is 1. The first-order chi connectivity index (χ1) is 9.38. The lowest BCUT2D eigenvalue weighted by Gasteiger charge is -2.14. The maximum Gasteiger partial charge on any atom is 0.419 e. The third-order valence-corrected chi connectivity index (χ3v) is 2.78. The highest BCUT2D eigenvalue weighted by Crippen LogP contribution is 2.37. The fourth-order valence-electron chi connectivity index (χ4n) is 1.53. The number of hydrogen-bond acceptors (Lipinski definition) is 3. The molecule has 7 heteroatoms. The van der Waals surface area contributed by atoms with Gasteiger partial charge in [0.1, 0.15) is 5.75 Å². The third-order valence-electron chi connectivity index (χ3n) is 2.38. The topological polar surface area (TPSA) is 35.5 Å². The van der Waals surface area contributed by atoms with Crippen molar-refractivity contribution in [2.75, 3.05) is 18.5 Å². The van der Waals surface area contributed by atoms with E-state index in [0.29, 0.717) is 17.3 Å². The fourth-order valence-corrected chi connectivity index (χ4v) is 1.99. The maximum atomic E-state index is 12.9. The predicted molar refractivity (Wildman–Crippen MR) is 71.1 cm³/mol. The second kappa shape index (κ2) is 7.52. The Morgan fingerprint density at radius 1 is 1.35 bits per heavy atom. The molecule has 0 saturated heterocycles. The van der Waals surface area contributed by atoms with Crippen LogP contribution in [0.25, 0.3) is 0 Å². The molecule has 0 amide bonds. The van der Waals surface area contributed by atoms with E-state index in [4.69, 9.17) is 4.74 Å². The summed E-state index contributed by atoms with van der Waals surface area (Å²) in [4.78, 5) is 11.1. The van der Waals surface area contributed by atoms with E-state index in [1.54, 1.807) is 6.92 Å². The molecule has 0 unspecified atom stereocenters. The Kier molecular flexibility index (Phi) is 6.32. The van der Waals surface area contributed by atoms with Gasteiger partial charge in [-0.15, -0.1) is 0 Å². The summed E-state index contributed by atoms with van der Waals surface area (Å²) >= 11 is 3.17. The van der Waals surface area contributed by atoms with E-state index in [9.17, 15) is 18.0 Å². The second-order valence-electron chi connectivity index (χ2n) is 3.86. The molecule has 20 heavy (non-hydrogen) atoms. The van der Waals surface area contributed by atoms with E-state index < -0.39 is 24.3 Å². The number of carbonyl (C=O) groups is 1. The van der Waals surface area contributed by atoms with Gasteiger partial charge >= 0.3 is 12.1 Å². The molecule has 0 spiro atoms. The number of ether oxygens (including phenoxy) is 2. The Labute approximate surface area is 123 Å². The monoisotopic (exact) mass is 354 g/mol. The number of rotatable bonds is 6. The van der Waals surface area contributed by atoms with Crippen molar-refractivity contribution in [2.45, 2.75) is 19.5 Å². The number of aryl methyl sites for hydroxylation is 1. The van der Waals surface area contributed by atoms with Crippen LogP contribution in [0.2, 0.25) is 0 Å². The minimum atomic E-state index is -4.54. The molecule has 0 aliphatic rings. The van der Waals surface area contributed by atoms with E-state index in [-0.39, 0.29) is 12.4 Å². The van der Waals surface area contributed by atoms with Crippen LogP contribution in [-0.2, 0) is 22.1 Å². The van der Waals surface area contributed by atoms with Crippen LogP contribution in [0.3, 0.4) is 0 Å². The van der Waals surface area contributed by atoms with Crippen molar-refractivity contribution in [3.8, 4) is 5.75 Å². The van der Waals surface area contributed by atoms with Gasteiger partial charge in [-0.1, -0.05) is 22.0 Å². The maximum absolute atomic E-state index is 12.9. The van der Waals surface area contributed by atoms with E-state index in [2.05, 4.69) is 20.7 Å². The Bertz CT molecular complexity index is 461. The lowest BCUT2D eigenvalue weighted by atomic mass is 10.1. The van der Waals surface area contributed by atoms with Crippen molar-refractivity contribution in [3.63, 3.8) is 0 Å². The molecule has 1 rings (SSSR count). The summed E-state index contributed by atoms with van der Waals surface area (Å²) in [5.74, 6) is -1.07. The first-order valence-corrected chi connectivity index (χ1v) is 7.05. The normalized spacial score (nSPS) is 11.2. The van der Waals surface area contributed by atoms with Gasteiger partial charge in [-0.25, -0.2) is 4.79 Å². The summed E-state index contributed by atoms with van der Waals surface area (Å²) in [5.41, 5.74) is -0.349. The highest BCUT2D eigenvalue weighted by Gasteiger charge is 2.34. The van der Waals surface area contributed by atoms with E-state index in [0.717, 1.165) is 6.07 Å². The largest absolute Gasteiger partial charge is 0.481 e. The van der Waals surface area contributed by atoms with Crippen LogP contribution < -0.4 is 4.74 Å². The van der Waals surface area contributed by atoms with Gasteiger partial charge in [0.05, 0.1) is 12.2 Å². The van der Waals surface area contributed by atoms with E-state index in [1.807, 2.05) is 0 Å². The molecule has 0 bridgehead atoms. The van der Waals surface area contributed by atoms with Crippen molar-refractivity contribution in [2.24, 2.45) is 0 Å². The summed E-state index contributed by atoms with van der Waals surface area (Å²) in [5, 5.41) is 0.563. The van der Waals surface area contributed by atoms with Gasteiger partial charge in [-0.3, -0.25) is 0 Å². The van der Waals surface area contributed by atoms with Gasteiger partial charge in [0.2, 0.25) is 0 Å². The lowest BCUT2D eigenvalue weighted by molar-refractivity contribution is -0.147. The minimum Gasteiger partial charge on any atom is -0.481 e. The van der Waals surface area contributed by atoms with Crippen molar-refractivity contribution < 1.29 is 27.4 Å². The smallest absolute Gasteiger partial charge is 0.419 e. The minimum absolute atomic E-state index is 0.151. The Balaban J connectivity index is 2.91. The quantitative estimate of drug-likeness (QED) is 0.578. The molecule has 1 aromatic carbocycles. The van der Waals surface area contributed by atoms with Crippen molar-refractivity contribution in [1.29, 1.82) is 0 Å². The number of alkyl halides is 4. The molecule has 0 fully saturated rings. The Morgan fingerprint density at radius 3 is 2.60 bits per heavy atom. The molecular weight excluding hydrogens is 341 g/mol. The van der Waals surface area contributed by atoms with E-state index >= 15 is 0 Å². The molecule has 1 aromatic rings. The summed E-state index contributed by atoms with van der Waals surface area (Å²) < 4.78 is 48.3. The Hall–Kier alpha value is -1.24. The summed E-state index contributed by atoms with van der Waals surface area (Å²) in [7, 11) is 0. The first kappa shape index (κ1) is 16.8. The van der Waals surface area contributed by atoms with Crippen LogP contribution in [0.15, 0.2) is 18.2 Å². The van der Waals surface area contributed by atoms with E-state index in [1.165, 1.54) is 12.1 Å². The molecule has 0 N–H and O–H groups in total. The SMILES string of the molecule is CCOC(=O)COc1ccc(CCBr)cc1C(F)(F)F. The zero-order valence-corrected chi connectivity index (χ0v) is 12.4. The number of halogens is 4. The summed E-state index contributed by atoms with van der Waals surface area (Å²) in [6.45, 7) is 1.21. The van der Waals surface area contributed by atoms with Gasteiger partial charge in [0.15, 0.2) is 6.61 Å². The molecule has 112 valence electrons. The molecule has 0 aromatic heterocycles.